The maximum Gasteiger partial charge on any atom is 0.320 e. The van der Waals surface area contributed by atoms with Gasteiger partial charge in [-0.25, -0.2) is 4.39 Å². The number of H-pyrrole nitrogens is 1. The summed E-state index contributed by atoms with van der Waals surface area (Å²) < 4.78 is 26.3. The maximum absolute atomic E-state index is 13.6. The number of carbonyl (C=O) groups excluding carboxylic acids is 1. The lowest BCUT2D eigenvalue weighted by Crippen LogP contribution is -2.54. The normalized spacial score (nSPS) is 23.0. The molecule has 1 amide bonds. The molecule has 0 saturated carbocycles. The van der Waals surface area contributed by atoms with E-state index in [2.05, 4.69) is 51.5 Å². The Morgan fingerprint density at radius 2 is 2.02 bits per heavy atom. The zero-order chi connectivity index (χ0) is 28.8. The number of halogens is 1. The maximum atomic E-state index is 13.6. The van der Waals surface area contributed by atoms with Crippen molar-refractivity contribution in [3.63, 3.8) is 0 Å². The molecule has 0 radical (unpaired) electrons. The van der Waals surface area contributed by atoms with Crippen molar-refractivity contribution in [1.29, 1.82) is 0 Å². The molecule has 11 nitrogen and oxygen atoms in total. The van der Waals surface area contributed by atoms with Crippen molar-refractivity contribution in [3.05, 3.63) is 41.9 Å². The average molecular weight is 565 g/mol. The van der Waals surface area contributed by atoms with Crippen LogP contribution in [0, 0.1) is 6.92 Å². The number of likely N-dealkylation sites (N-methyl/N-ethyl adjacent to an activating group) is 2. The third-order valence-corrected chi connectivity index (χ3v) is 8.71. The minimum atomic E-state index is -0.948. The Balaban J connectivity index is 1.35. The van der Waals surface area contributed by atoms with Crippen LogP contribution in [0.15, 0.2) is 30.7 Å². The fourth-order valence-corrected chi connectivity index (χ4v) is 6.31. The summed E-state index contributed by atoms with van der Waals surface area (Å²) >= 11 is 0. The molecule has 41 heavy (non-hydrogen) atoms. The summed E-state index contributed by atoms with van der Waals surface area (Å²) in [7, 11) is 4.13. The Bertz CT molecular complexity index is 1480. The Labute approximate surface area is 238 Å². The minimum Gasteiger partial charge on any atom is -0.484 e. The highest BCUT2D eigenvalue weighted by Crippen LogP contribution is 2.45. The van der Waals surface area contributed by atoms with Crippen LogP contribution in [-0.2, 0) is 4.79 Å². The smallest absolute Gasteiger partial charge is 0.320 e. The Hall–Kier alpha value is -3.93. The van der Waals surface area contributed by atoms with Gasteiger partial charge in [0.15, 0.2) is 17.5 Å². The number of fused-ring (bicyclic) bond motifs is 2. The summed E-state index contributed by atoms with van der Waals surface area (Å²) in [5, 5.41) is 8.38. The summed E-state index contributed by atoms with van der Waals surface area (Å²) in [6.45, 7) is 10.4. The number of aryl methyl sites for hydroxylation is 1. The van der Waals surface area contributed by atoms with Crippen molar-refractivity contribution in [3.8, 4) is 11.8 Å². The van der Waals surface area contributed by atoms with E-state index < -0.39 is 11.7 Å². The van der Waals surface area contributed by atoms with Gasteiger partial charge in [0, 0.05) is 44.2 Å². The lowest BCUT2D eigenvalue weighted by molar-refractivity contribution is -0.131. The van der Waals surface area contributed by atoms with Crippen molar-refractivity contribution < 1.29 is 18.7 Å². The lowest BCUT2D eigenvalue weighted by atomic mass is 9.96. The number of aromatic amines is 1. The van der Waals surface area contributed by atoms with Crippen molar-refractivity contribution >= 4 is 28.4 Å². The van der Waals surface area contributed by atoms with E-state index in [1.54, 1.807) is 0 Å². The van der Waals surface area contributed by atoms with E-state index in [4.69, 9.17) is 19.4 Å². The predicted octanol–water partition coefficient (Wildman–Crippen LogP) is 3.22. The summed E-state index contributed by atoms with van der Waals surface area (Å²) in [5.74, 6) is 0.217. The molecule has 0 bridgehead atoms. The van der Waals surface area contributed by atoms with Gasteiger partial charge in [-0.05, 0) is 57.5 Å². The standard InChI is InChI=1S/C29H37FN8O3/c1-17-8-9-22-21(13-31-34-22)24(17)23-16-40-25-26(36(23)5)32-29(41-15-20-7-6-10-35(20)4)33-27(25)37-11-12-38(18(2)14-37)28(39)19(3)30/h8-9,13,18,20,23H,3,6-7,10-12,14-16H2,1-2,4-5H3,(H,31,34)/t18-,20+,23?/m1/s1. The second-order valence-corrected chi connectivity index (χ2v) is 11.3. The van der Waals surface area contributed by atoms with Crippen LogP contribution in [0.1, 0.15) is 36.9 Å². The molecule has 5 heterocycles. The number of nitrogens with one attached hydrogen (secondary N) is 1. The molecule has 2 saturated heterocycles. The molecule has 2 aromatic heterocycles. The molecule has 2 fully saturated rings. The first-order chi connectivity index (χ1) is 19.7. The number of anilines is 2. The van der Waals surface area contributed by atoms with E-state index in [9.17, 15) is 9.18 Å². The quantitative estimate of drug-likeness (QED) is 0.452. The number of carbonyl (C=O) groups is 1. The van der Waals surface area contributed by atoms with Crippen LogP contribution in [0.3, 0.4) is 0 Å². The Morgan fingerprint density at radius 1 is 1.22 bits per heavy atom. The SMILES string of the molecule is C=C(F)C(=O)N1CCN(c2nc(OC[C@@H]3CCCN3C)nc3c2OCC(c2c(C)ccc4[nH]ncc24)N3C)C[C@H]1C. The van der Waals surface area contributed by atoms with Gasteiger partial charge in [-0.1, -0.05) is 12.6 Å². The van der Waals surface area contributed by atoms with Gasteiger partial charge in [-0.15, -0.1) is 0 Å². The molecular formula is C29H37FN8O3. The van der Waals surface area contributed by atoms with Gasteiger partial charge in [0.05, 0.1) is 17.8 Å². The zero-order valence-corrected chi connectivity index (χ0v) is 24.1. The molecule has 3 aliphatic heterocycles. The highest BCUT2D eigenvalue weighted by atomic mass is 19.1. The zero-order valence-electron chi connectivity index (χ0n) is 24.1. The van der Waals surface area contributed by atoms with Crippen LogP contribution < -0.4 is 19.3 Å². The molecule has 6 rings (SSSR count). The molecular weight excluding hydrogens is 527 g/mol. The first-order valence-corrected chi connectivity index (χ1v) is 14.2. The molecule has 1 N–H and O–H groups in total. The average Bonchev–Trinajstić information content (AvgIpc) is 3.60. The van der Waals surface area contributed by atoms with Crippen LogP contribution in [0.5, 0.6) is 11.8 Å². The van der Waals surface area contributed by atoms with Gasteiger partial charge >= 0.3 is 6.01 Å². The number of amides is 1. The Kier molecular flexibility index (Phi) is 7.18. The second-order valence-electron chi connectivity index (χ2n) is 11.3. The van der Waals surface area contributed by atoms with Gasteiger partial charge in [0.25, 0.3) is 5.91 Å². The van der Waals surface area contributed by atoms with Crippen molar-refractivity contribution in [2.24, 2.45) is 0 Å². The van der Waals surface area contributed by atoms with Crippen LogP contribution >= 0.6 is 0 Å². The first kappa shape index (κ1) is 27.3. The summed E-state index contributed by atoms with van der Waals surface area (Å²) in [6.07, 6.45) is 4.07. The molecule has 0 spiro atoms. The topological polar surface area (TPSA) is 103 Å². The molecule has 3 aromatic rings. The van der Waals surface area contributed by atoms with Crippen molar-refractivity contribution in [2.75, 3.05) is 63.3 Å². The largest absolute Gasteiger partial charge is 0.484 e. The van der Waals surface area contributed by atoms with E-state index in [1.807, 2.05) is 26.2 Å². The number of piperazine rings is 1. The summed E-state index contributed by atoms with van der Waals surface area (Å²) in [5.41, 5.74) is 3.24. The van der Waals surface area contributed by atoms with E-state index in [-0.39, 0.29) is 18.1 Å². The number of nitrogens with zero attached hydrogens (tertiary/aromatic N) is 7. The van der Waals surface area contributed by atoms with Gasteiger partial charge in [-0.2, -0.15) is 15.1 Å². The molecule has 218 valence electrons. The second kappa shape index (κ2) is 10.8. The minimum absolute atomic E-state index is 0.107. The number of rotatable bonds is 6. The summed E-state index contributed by atoms with van der Waals surface area (Å²) in [6, 6.07) is 4.37. The molecule has 0 aliphatic carbocycles. The molecule has 3 aliphatic rings. The lowest BCUT2D eigenvalue weighted by Gasteiger charge is -2.42. The van der Waals surface area contributed by atoms with E-state index in [0.717, 1.165) is 41.4 Å². The van der Waals surface area contributed by atoms with E-state index in [0.29, 0.717) is 56.3 Å². The molecule has 1 unspecified atom stereocenters. The van der Waals surface area contributed by atoms with E-state index in [1.165, 1.54) is 4.90 Å². The van der Waals surface area contributed by atoms with Crippen LogP contribution in [-0.4, -0.2) is 101 Å². The van der Waals surface area contributed by atoms with Gasteiger partial charge in [-0.3, -0.25) is 9.89 Å². The van der Waals surface area contributed by atoms with Crippen LogP contribution in [0.25, 0.3) is 10.9 Å². The number of likely N-dealkylation sites (tertiary alicyclic amines) is 1. The van der Waals surface area contributed by atoms with Gasteiger partial charge in [0.1, 0.15) is 13.2 Å². The van der Waals surface area contributed by atoms with E-state index >= 15 is 0 Å². The third kappa shape index (κ3) is 4.94. The number of benzene rings is 1. The summed E-state index contributed by atoms with van der Waals surface area (Å²) in [4.78, 5) is 30.1. The first-order valence-electron chi connectivity index (χ1n) is 14.2. The number of hydrogen-bond acceptors (Lipinski definition) is 9. The number of hydrogen-bond donors (Lipinski definition) is 1. The molecule has 12 heteroatoms. The number of ether oxygens (including phenoxy) is 2. The van der Waals surface area contributed by atoms with Crippen LogP contribution in [0.4, 0.5) is 16.0 Å². The predicted molar refractivity (Wildman–Crippen MR) is 154 cm³/mol. The fourth-order valence-electron chi connectivity index (χ4n) is 6.31. The fraction of sp³-hybridized carbons (Fsp3) is 0.517. The monoisotopic (exact) mass is 564 g/mol. The van der Waals surface area contributed by atoms with Crippen molar-refractivity contribution in [2.45, 2.75) is 44.8 Å². The molecule has 1 aromatic carbocycles. The highest BCUT2D eigenvalue weighted by molar-refractivity contribution is 5.91. The van der Waals surface area contributed by atoms with Crippen molar-refractivity contribution in [1.82, 2.24) is 30.0 Å². The van der Waals surface area contributed by atoms with Gasteiger partial charge < -0.3 is 29.1 Å². The Morgan fingerprint density at radius 3 is 2.76 bits per heavy atom. The third-order valence-electron chi connectivity index (χ3n) is 8.71. The highest BCUT2D eigenvalue weighted by Gasteiger charge is 2.37. The van der Waals surface area contributed by atoms with Gasteiger partial charge in [0.2, 0.25) is 5.75 Å². The molecule has 3 atom stereocenters. The number of aromatic nitrogens is 4. The van der Waals surface area contributed by atoms with Crippen LogP contribution in [0.2, 0.25) is 0 Å².